The molecule has 0 aliphatic carbocycles. The van der Waals surface area contributed by atoms with Gasteiger partial charge in [-0.3, -0.25) is 4.79 Å². The number of hydrogen-bond acceptors (Lipinski definition) is 5. The molecule has 1 heterocycles. The summed E-state index contributed by atoms with van der Waals surface area (Å²) in [4.78, 5) is 12.2. The second-order valence-corrected chi connectivity index (χ2v) is 5.67. The molecule has 0 saturated carbocycles. The molecule has 6 heteroatoms. The molecule has 2 aromatic carbocycles. The second-order valence-electron chi connectivity index (χ2n) is 4.82. The number of benzene rings is 2. The minimum Gasteiger partial charge on any atom is -0.503 e. The number of fused-ring (bicyclic) bond motifs is 1. The summed E-state index contributed by atoms with van der Waals surface area (Å²) in [6.07, 6.45) is 3.11. The molecule has 3 rings (SSSR count). The summed E-state index contributed by atoms with van der Waals surface area (Å²) in [5, 5.41) is 9.78. The molecular formula is C17H13BrO5. The van der Waals surface area contributed by atoms with E-state index in [1.54, 1.807) is 36.4 Å². The van der Waals surface area contributed by atoms with E-state index in [9.17, 15) is 9.90 Å². The minimum atomic E-state index is -0.161. The Bertz CT molecular complexity index is 798. The summed E-state index contributed by atoms with van der Waals surface area (Å²) in [6, 6.07) is 8.39. The van der Waals surface area contributed by atoms with Crippen LogP contribution < -0.4 is 14.2 Å². The Kier molecular flexibility index (Phi) is 4.25. The molecule has 1 aliphatic rings. The number of phenolic OH excluding ortho intramolecular Hbond substituents is 1. The van der Waals surface area contributed by atoms with Gasteiger partial charge in [-0.05, 0) is 57.9 Å². The lowest BCUT2D eigenvalue weighted by Crippen LogP contribution is -1.94. The van der Waals surface area contributed by atoms with E-state index < -0.39 is 0 Å². The average molecular weight is 377 g/mol. The third kappa shape index (κ3) is 3.17. The molecule has 0 saturated heterocycles. The maximum atomic E-state index is 12.2. The number of ketones is 1. The van der Waals surface area contributed by atoms with Crippen molar-refractivity contribution in [3.63, 3.8) is 0 Å². The van der Waals surface area contributed by atoms with Gasteiger partial charge in [-0.25, -0.2) is 0 Å². The molecule has 5 nitrogen and oxygen atoms in total. The minimum absolute atomic E-state index is 0.0201. The SMILES string of the molecule is COc1cc(/C=C/C(=O)c2ccc3c(c2)OCO3)cc(Br)c1O. The van der Waals surface area contributed by atoms with Crippen molar-refractivity contribution < 1.29 is 24.1 Å². The molecule has 0 spiro atoms. The van der Waals surface area contributed by atoms with Crippen LogP contribution >= 0.6 is 15.9 Å². The van der Waals surface area contributed by atoms with E-state index in [0.29, 0.717) is 27.3 Å². The molecule has 0 atom stereocenters. The molecule has 0 unspecified atom stereocenters. The molecule has 0 radical (unpaired) electrons. The normalized spacial score (nSPS) is 12.6. The van der Waals surface area contributed by atoms with Crippen LogP contribution in [-0.4, -0.2) is 24.8 Å². The Morgan fingerprint density at radius 3 is 2.83 bits per heavy atom. The molecule has 23 heavy (non-hydrogen) atoms. The lowest BCUT2D eigenvalue weighted by molar-refractivity contribution is 0.104. The number of hydrogen-bond donors (Lipinski definition) is 1. The van der Waals surface area contributed by atoms with Crippen LogP contribution in [0.2, 0.25) is 0 Å². The largest absolute Gasteiger partial charge is 0.503 e. The third-order valence-corrected chi connectivity index (χ3v) is 3.96. The van der Waals surface area contributed by atoms with Gasteiger partial charge in [-0.2, -0.15) is 0 Å². The van der Waals surface area contributed by atoms with Gasteiger partial charge in [-0.15, -0.1) is 0 Å². The van der Waals surface area contributed by atoms with Gasteiger partial charge in [0.1, 0.15) is 0 Å². The first-order valence-corrected chi connectivity index (χ1v) is 7.56. The summed E-state index contributed by atoms with van der Waals surface area (Å²) in [7, 11) is 1.47. The van der Waals surface area contributed by atoms with E-state index >= 15 is 0 Å². The molecule has 0 fully saturated rings. The van der Waals surface area contributed by atoms with E-state index in [4.69, 9.17) is 14.2 Å². The number of phenols is 1. The fraction of sp³-hybridized carbons (Fsp3) is 0.118. The van der Waals surface area contributed by atoms with Gasteiger partial charge in [-0.1, -0.05) is 6.08 Å². The van der Waals surface area contributed by atoms with Crippen LogP contribution in [-0.2, 0) is 0 Å². The molecule has 0 aromatic heterocycles. The maximum Gasteiger partial charge on any atom is 0.231 e. The van der Waals surface area contributed by atoms with Crippen LogP contribution in [0.5, 0.6) is 23.0 Å². The van der Waals surface area contributed by atoms with Crippen molar-refractivity contribution in [2.75, 3.05) is 13.9 Å². The number of aromatic hydroxyl groups is 1. The highest BCUT2D eigenvalue weighted by molar-refractivity contribution is 9.10. The van der Waals surface area contributed by atoms with Crippen molar-refractivity contribution in [3.05, 3.63) is 52.0 Å². The Morgan fingerprint density at radius 1 is 1.26 bits per heavy atom. The highest BCUT2D eigenvalue weighted by atomic mass is 79.9. The van der Waals surface area contributed by atoms with Gasteiger partial charge in [0.05, 0.1) is 11.6 Å². The zero-order valence-corrected chi connectivity index (χ0v) is 13.8. The Balaban J connectivity index is 1.82. The lowest BCUT2D eigenvalue weighted by atomic mass is 10.1. The molecular weight excluding hydrogens is 364 g/mol. The van der Waals surface area contributed by atoms with Gasteiger partial charge in [0, 0.05) is 5.56 Å². The lowest BCUT2D eigenvalue weighted by Gasteiger charge is -2.06. The van der Waals surface area contributed by atoms with Crippen molar-refractivity contribution in [3.8, 4) is 23.0 Å². The van der Waals surface area contributed by atoms with E-state index in [2.05, 4.69) is 15.9 Å². The van der Waals surface area contributed by atoms with Gasteiger partial charge in [0.25, 0.3) is 0 Å². The highest BCUT2D eigenvalue weighted by Gasteiger charge is 2.15. The van der Waals surface area contributed by atoms with Crippen molar-refractivity contribution in [2.24, 2.45) is 0 Å². The first-order valence-electron chi connectivity index (χ1n) is 6.77. The quantitative estimate of drug-likeness (QED) is 0.649. The first-order chi connectivity index (χ1) is 11.1. The van der Waals surface area contributed by atoms with Crippen LogP contribution in [0.15, 0.2) is 40.9 Å². The van der Waals surface area contributed by atoms with Gasteiger partial charge in [0.2, 0.25) is 6.79 Å². The Labute approximate surface area is 141 Å². The van der Waals surface area contributed by atoms with Crippen molar-refractivity contribution in [1.29, 1.82) is 0 Å². The molecule has 118 valence electrons. The van der Waals surface area contributed by atoms with Crippen molar-refractivity contribution in [2.45, 2.75) is 0 Å². The molecule has 0 amide bonds. The zero-order valence-electron chi connectivity index (χ0n) is 12.2. The maximum absolute atomic E-state index is 12.2. The van der Waals surface area contributed by atoms with Crippen LogP contribution in [0.3, 0.4) is 0 Å². The summed E-state index contributed by atoms with van der Waals surface area (Å²) >= 11 is 3.24. The first kappa shape index (κ1) is 15.4. The number of carbonyl (C=O) groups excluding carboxylic acids is 1. The third-order valence-electron chi connectivity index (χ3n) is 3.35. The number of carbonyl (C=O) groups is 1. The van der Waals surface area contributed by atoms with Crippen LogP contribution in [0.4, 0.5) is 0 Å². The summed E-state index contributed by atoms with van der Waals surface area (Å²) in [5.41, 5.74) is 1.23. The summed E-state index contributed by atoms with van der Waals surface area (Å²) < 4.78 is 16.1. The topological polar surface area (TPSA) is 65.0 Å². The van der Waals surface area contributed by atoms with Crippen LogP contribution in [0.25, 0.3) is 6.08 Å². The predicted molar refractivity (Wildman–Crippen MR) is 88.3 cm³/mol. The van der Waals surface area contributed by atoms with E-state index in [1.165, 1.54) is 13.2 Å². The van der Waals surface area contributed by atoms with Crippen molar-refractivity contribution in [1.82, 2.24) is 0 Å². The van der Waals surface area contributed by atoms with Crippen LogP contribution in [0.1, 0.15) is 15.9 Å². The standard InChI is InChI=1S/C17H13BrO5/c1-21-16-7-10(6-12(18)17(16)20)2-4-13(19)11-3-5-14-15(8-11)23-9-22-14/h2-8,20H,9H2,1H3/b4-2+. The predicted octanol–water partition coefficient (Wildman–Crippen LogP) is 3.79. The van der Waals surface area contributed by atoms with Gasteiger partial charge in [0.15, 0.2) is 28.8 Å². The molecule has 1 N–H and O–H groups in total. The molecule has 0 bridgehead atoms. The van der Waals surface area contributed by atoms with Crippen LogP contribution in [0, 0.1) is 0 Å². The number of rotatable bonds is 4. The van der Waals surface area contributed by atoms with E-state index in [-0.39, 0.29) is 18.3 Å². The summed E-state index contributed by atoms with van der Waals surface area (Å²) in [5.74, 6) is 1.39. The summed E-state index contributed by atoms with van der Waals surface area (Å²) in [6.45, 7) is 0.171. The monoisotopic (exact) mass is 376 g/mol. The van der Waals surface area contributed by atoms with E-state index in [0.717, 1.165) is 5.56 Å². The zero-order chi connectivity index (χ0) is 16.4. The van der Waals surface area contributed by atoms with E-state index in [1.807, 2.05) is 0 Å². The molecule has 2 aromatic rings. The van der Waals surface area contributed by atoms with Crippen molar-refractivity contribution >= 4 is 27.8 Å². The number of ether oxygens (including phenoxy) is 3. The average Bonchev–Trinajstić information content (AvgIpc) is 3.03. The van der Waals surface area contributed by atoms with Gasteiger partial charge >= 0.3 is 0 Å². The smallest absolute Gasteiger partial charge is 0.231 e. The fourth-order valence-electron chi connectivity index (χ4n) is 2.16. The number of methoxy groups -OCH3 is 1. The molecule has 1 aliphatic heterocycles. The number of halogens is 1. The van der Waals surface area contributed by atoms with Gasteiger partial charge < -0.3 is 19.3 Å². The Hall–Kier alpha value is -2.47. The second kappa shape index (κ2) is 6.34. The highest BCUT2D eigenvalue weighted by Crippen LogP contribution is 2.36. The Morgan fingerprint density at radius 2 is 2.04 bits per heavy atom. The fourth-order valence-corrected chi connectivity index (χ4v) is 2.62. The number of allylic oxidation sites excluding steroid dienone is 1.